The molecular weight excluding hydrogens is 368 g/mol. The third-order valence-electron chi connectivity index (χ3n) is 4.53. The third-order valence-corrected chi connectivity index (χ3v) is 6.34. The highest BCUT2D eigenvalue weighted by molar-refractivity contribution is 7.89. The number of nitrogens with zero attached hydrogens (tertiary/aromatic N) is 1. The molecule has 1 atom stereocenters. The van der Waals surface area contributed by atoms with Crippen LogP contribution >= 0.6 is 0 Å². The molecule has 7 nitrogen and oxygen atoms in total. The quantitative estimate of drug-likeness (QED) is 0.778. The van der Waals surface area contributed by atoms with Crippen LogP contribution < -0.4 is 10.1 Å². The second-order valence-electron chi connectivity index (χ2n) is 6.51. The number of sulfonamides is 1. The number of carbonyl (C=O) groups is 1. The highest BCUT2D eigenvalue weighted by Gasteiger charge is 2.27. The zero-order valence-corrected chi connectivity index (χ0v) is 16.0. The fourth-order valence-electron chi connectivity index (χ4n) is 3.18. The van der Waals surface area contributed by atoms with Crippen molar-refractivity contribution in [3.8, 4) is 5.75 Å². The molecule has 0 bridgehead atoms. The molecule has 0 saturated carbocycles. The van der Waals surface area contributed by atoms with Gasteiger partial charge in [0.25, 0.3) is 0 Å². The van der Waals surface area contributed by atoms with Crippen molar-refractivity contribution in [1.82, 2.24) is 9.62 Å². The van der Waals surface area contributed by atoms with E-state index in [1.165, 1.54) is 31.8 Å². The first-order chi connectivity index (χ1) is 12.8. The minimum Gasteiger partial charge on any atom is -0.482 e. The lowest BCUT2D eigenvalue weighted by atomic mass is 9.89. The molecule has 1 aliphatic heterocycles. The Kier molecular flexibility index (Phi) is 5.50. The molecule has 27 heavy (non-hydrogen) atoms. The van der Waals surface area contributed by atoms with Crippen molar-refractivity contribution in [3.63, 3.8) is 0 Å². The van der Waals surface area contributed by atoms with Crippen molar-refractivity contribution >= 4 is 16.0 Å². The molecule has 3 rings (SSSR count). The van der Waals surface area contributed by atoms with Gasteiger partial charge in [-0.15, -0.1) is 0 Å². The summed E-state index contributed by atoms with van der Waals surface area (Å²) >= 11 is 0. The van der Waals surface area contributed by atoms with E-state index in [4.69, 9.17) is 9.84 Å². The summed E-state index contributed by atoms with van der Waals surface area (Å²) < 4.78 is 31.7. The van der Waals surface area contributed by atoms with Gasteiger partial charge in [0, 0.05) is 26.2 Å². The fourth-order valence-corrected chi connectivity index (χ4v) is 4.11. The average molecular weight is 390 g/mol. The SMILES string of the molecule is CN(C)S(=O)(=O)c1ccc(OCC(=O)O)c(C2NCCc3ccccc32)c1. The maximum atomic E-state index is 12.6. The summed E-state index contributed by atoms with van der Waals surface area (Å²) in [5, 5.41) is 12.3. The number of hydrogen-bond acceptors (Lipinski definition) is 5. The summed E-state index contributed by atoms with van der Waals surface area (Å²) in [5.41, 5.74) is 2.81. The Morgan fingerprint density at radius 3 is 2.67 bits per heavy atom. The Morgan fingerprint density at radius 1 is 1.22 bits per heavy atom. The normalized spacial score (nSPS) is 16.8. The summed E-state index contributed by atoms with van der Waals surface area (Å²) in [6.07, 6.45) is 0.869. The highest BCUT2D eigenvalue weighted by Crippen LogP contribution is 2.36. The van der Waals surface area contributed by atoms with Gasteiger partial charge in [0.05, 0.1) is 10.9 Å². The minimum absolute atomic E-state index is 0.134. The van der Waals surface area contributed by atoms with Crippen LogP contribution in [0.1, 0.15) is 22.7 Å². The number of fused-ring (bicyclic) bond motifs is 1. The van der Waals surface area contributed by atoms with Crippen molar-refractivity contribution in [2.75, 3.05) is 27.2 Å². The largest absolute Gasteiger partial charge is 0.482 e. The van der Waals surface area contributed by atoms with E-state index in [2.05, 4.69) is 5.32 Å². The molecular formula is C19H22N2O5S. The first-order valence-corrected chi connectivity index (χ1v) is 9.97. The van der Waals surface area contributed by atoms with Crippen LogP contribution in [0.2, 0.25) is 0 Å². The zero-order chi connectivity index (χ0) is 19.6. The van der Waals surface area contributed by atoms with Gasteiger partial charge in [-0.1, -0.05) is 24.3 Å². The molecule has 0 fully saturated rings. The molecule has 0 amide bonds. The topological polar surface area (TPSA) is 95.9 Å². The van der Waals surface area contributed by atoms with Gasteiger partial charge in [-0.25, -0.2) is 17.5 Å². The lowest BCUT2D eigenvalue weighted by Gasteiger charge is -2.29. The molecule has 2 N–H and O–H groups in total. The molecule has 0 aromatic heterocycles. The first kappa shape index (κ1) is 19.3. The van der Waals surface area contributed by atoms with Gasteiger partial charge in [-0.2, -0.15) is 0 Å². The molecule has 144 valence electrons. The Morgan fingerprint density at radius 2 is 1.96 bits per heavy atom. The van der Waals surface area contributed by atoms with Crippen LogP contribution in [0.4, 0.5) is 0 Å². The molecule has 1 heterocycles. The van der Waals surface area contributed by atoms with E-state index >= 15 is 0 Å². The van der Waals surface area contributed by atoms with Crippen LogP contribution in [0, 0.1) is 0 Å². The Bertz CT molecular complexity index is 956. The van der Waals surface area contributed by atoms with Crippen molar-refractivity contribution in [3.05, 3.63) is 59.2 Å². The Hall–Kier alpha value is -2.42. The van der Waals surface area contributed by atoms with Gasteiger partial charge in [-0.3, -0.25) is 0 Å². The average Bonchev–Trinajstić information content (AvgIpc) is 2.65. The van der Waals surface area contributed by atoms with Gasteiger partial charge >= 0.3 is 5.97 Å². The monoisotopic (exact) mass is 390 g/mol. The van der Waals surface area contributed by atoms with E-state index in [0.717, 1.165) is 22.8 Å². The minimum atomic E-state index is -3.63. The number of carboxylic acid groups (broad SMARTS) is 1. The molecule has 0 spiro atoms. The number of aliphatic carboxylic acids is 1. The van der Waals surface area contributed by atoms with Gasteiger partial charge in [0.2, 0.25) is 10.0 Å². The van der Waals surface area contributed by atoms with Crippen LogP contribution in [-0.2, 0) is 21.2 Å². The lowest BCUT2D eigenvalue weighted by molar-refractivity contribution is -0.139. The predicted molar refractivity (Wildman–Crippen MR) is 100 cm³/mol. The standard InChI is InChI=1S/C19H22N2O5S/c1-21(2)27(24,25)14-7-8-17(26-12-18(22)23)16(11-14)19-15-6-4-3-5-13(15)9-10-20-19/h3-8,11,19-20H,9-10,12H2,1-2H3,(H,22,23). The van der Waals surface area contributed by atoms with E-state index in [0.29, 0.717) is 11.3 Å². The van der Waals surface area contributed by atoms with Gasteiger partial charge in [0.15, 0.2) is 6.61 Å². The van der Waals surface area contributed by atoms with Gasteiger partial charge in [-0.05, 0) is 35.7 Å². The van der Waals surface area contributed by atoms with Gasteiger partial charge in [0.1, 0.15) is 5.75 Å². The van der Waals surface area contributed by atoms with Gasteiger partial charge < -0.3 is 15.2 Å². The Labute approximate surface area is 158 Å². The summed E-state index contributed by atoms with van der Waals surface area (Å²) in [5.74, 6) is -0.743. The van der Waals surface area contributed by atoms with Crippen LogP contribution in [-0.4, -0.2) is 51.0 Å². The predicted octanol–water partition coefficient (Wildman–Crippen LogP) is 1.64. The fraction of sp³-hybridized carbons (Fsp3) is 0.316. The van der Waals surface area contributed by atoms with Crippen molar-refractivity contribution in [2.45, 2.75) is 17.4 Å². The van der Waals surface area contributed by atoms with Crippen LogP contribution in [0.3, 0.4) is 0 Å². The number of nitrogens with one attached hydrogen (secondary N) is 1. The van der Waals surface area contributed by atoms with Crippen LogP contribution in [0.5, 0.6) is 5.75 Å². The van der Waals surface area contributed by atoms with Crippen molar-refractivity contribution in [2.24, 2.45) is 0 Å². The molecule has 1 aliphatic rings. The number of carboxylic acids is 1. The maximum Gasteiger partial charge on any atom is 0.341 e. The number of ether oxygens (including phenoxy) is 1. The molecule has 0 radical (unpaired) electrons. The number of hydrogen-bond donors (Lipinski definition) is 2. The van der Waals surface area contributed by atoms with Crippen molar-refractivity contribution in [1.29, 1.82) is 0 Å². The molecule has 1 unspecified atom stereocenters. The number of rotatable bonds is 6. The summed E-state index contributed by atoms with van der Waals surface area (Å²) in [6, 6.07) is 12.2. The third kappa shape index (κ3) is 3.97. The second-order valence-corrected chi connectivity index (χ2v) is 8.66. The summed E-state index contributed by atoms with van der Waals surface area (Å²) in [6.45, 7) is 0.228. The smallest absolute Gasteiger partial charge is 0.341 e. The first-order valence-electron chi connectivity index (χ1n) is 8.53. The number of benzene rings is 2. The molecule has 2 aromatic rings. The highest BCUT2D eigenvalue weighted by atomic mass is 32.2. The second kappa shape index (κ2) is 7.67. The summed E-state index contributed by atoms with van der Waals surface area (Å²) in [4.78, 5) is 11.1. The van der Waals surface area contributed by atoms with Crippen LogP contribution in [0.25, 0.3) is 0 Å². The molecule has 0 aliphatic carbocycles. The maximum absolute atomic E-state index is 12.6. The van der Waals surface area contributed by atoms with E-state index in [1.807, 2.05) is 24.3 Å². The van der Waals surface area contributed by atoms with E-state index in [-0.39, 0.29) is 10.9 Å². The lowest BCUT2D eigenvalue weighted by Crippen LogP contribution is -2.31. The molecule has 8 heteroatoms. The van der Waals surface area contributed by atoms with E-state index in [9.17, 15) is 13.2 Å². The summed E-state index contributed by atoms with van der Waals surface area (Å²) in [7, 11) is -0.689. The Balaban J connectivity index is 2.12. The molecule has 2 aromatic carbocycles. The van der Waals surface area contributed by atoms with E-state index < -0.39 is 22.6 Å². The van der Waals surface area contributed by atoms with Crippen molar-refractivity contribution < 1.29 is 23.1 Å². The zero-order valence-electron chi connectivity index (χ0n) is 15.2. The molecule has 0 saturated heterocycles. The van der Waals surface area contributed by atoms with E-state index in [1.54, 1.807) is 6.07 Å². The van der Waals surface area contributed by atoms with Crippen LogP contribution in [0.15, 0.2) is 47.4 Å².